The molecular weight excluding hydrogens is 204 g/mol. The molecule has 2 rings (SSSR count). The normalized spacial score (nSPS) is 17.3. The molecule has 1 saturated heterocycles. The van der Waals surface area contributed by atoms with Gasteiger partial charge in [0.1, 0.15) is 5.75 Å². The van der Waals surface area contributed by atoms with Gasteiger partial charge in [0.25, 0.3) is 0 Å². The van der Waals surface area contributed by atoms with Gasteiger partial charge in [0, 0.05) is 32.0 Å². The predicted octanol–water partition coefficient (Wildman–Crippen LogP) is 1.35. The van der Waals surface area contributed by atoms with Gasteiger partial charge in [0.2, 0.25) is 0 Å². The maximum atomic E-state index is 5.74. The third kappa shape index (κ3) is 3.18. The van der Waals surface area contributed by atoms with E-state index in [-0.39, 0.29) is 0 Å². The van der Waals surface area contributed by atoms with Crippen LogP contribution < -0.4 is 10.5 Å². The summed E-state index contributed by atoms with van der Waals surface area (Å²) in [6, 6.07) is 3.78. The van der Waals surface area contributed by atoms with Gasteiger partial charge in [-0.25, -0.2) is 0 Å². The maximum absolute atomic E-state index is 5.74. The van der Waals surface area contributed by atoms with E-state index in [2.05, 4.69) is 4.98 Å². The average Bonchev–Trinajstić information content (AvgIpc) is 2.38. The van der Waals surface area contributed by atoms with Gasteiger partial charge in [-0.3, -0.25) is 4.98 Å². The zero-order valence-corrected chi connectivity index (χ0v) is 9.39. The molecule has 4 heteroatoms. The average molecular weight is 222 g/mol. The summed E-state index contributed by atoms with van der Waals surface area (Å²) in [4.78, 5) is 4.13. The fourth-order valence-electron chi connectivity index (χ4n) is 1.78. The molecule has 0 bridgehead atoms. The van der Waals surface area contributed by atoms with Crippen LogP contribution in [0.1, 0.15) is 18.5 Å². The van der Waals surface area contributed by atoms with E-state index < -0.39 is 0 Å². The van der Waals surface area contributed by atoms with Crippen molar-refractivity contribution in [3.63, 3.8) is 0 Å². The standard InChI is InChI=1S/C12H18N2O2/c13-8-11-7-12(1-4-14-11)16-9-10-2-5-15-6-3-10/h1,4,7,10H,2-3,5-6,8-9,13H2. The molecule has 0 unspecified atom stereocenters. The Bertz CT molecular complexity index is 325. The highest BCUT2D eigenvalue weighted by Gasteiger charge is 2.14. The van der Waals surface area contributed by atoms with E-state index in [0.717, 1.165) is 44.1 Å². The monoisotopic (exact) mass is 222 g/mol. The number of hydrogen-bond donors (Lipinski definition) is 1. The number of pyridine rings is 1. The van der Waals surface area contributed by atoms with Gasteiger partial charge in [-0.2, -0.15) is 0 Å². The van der Waals surface area contributed by atoms with Crippen molar-refractivity contribution in [1.82, 2.24) is 4.98 Å². The summed E-state index contributed by atoms with van der Waals surface area (Å²) < 4.78 is 11.0. The van der Waals surface area contributed by atoms with Crippen molar-refractivity contribution in [3.05, 3.63) is 24.0 Å². The Morgan fingerprint density at radius 3 is 3.00 bits per heavy atom. The molecular formula is C12H18N2O2. The minimum Gasteiger partial charge on any atom is -0.493 e. The highest BCUT2D eigenvalue weighted by molar-refractivity contribution is 5.22. The smallest absolute Gasteiger partial charge is 0.122 e. The molecule has 2 heterocycles. The number of hydrogen-bond acceptors (Lipinski definition) is 4. The molecule has 1 aromatic heterocycles. The molecule has 0 spiro atoms. The van der Waals surface area contributed by atoms with Crippen molar-refractivity contribution in [2.75, 3.05) is 19.8 Å². The highest BCUT2D eigenvalue weighted by atomic mass is 16.5. The van der Waals surface area contributed by atoms with Gasteiger partial charge in [0.05, 0.1) is 12.3 Å². The molecule has 1 aliphatic heterocycles. The molecule has 0 aliphatic carbocycles. The first-order valence-corrected chi connectivity index (χ1v) is 5.74. The van der Waals surface area contributed by atoms with Crippen LogP contribution in [0.25, 0.3) is 0 Å². The van der Waals surface area contributed by atoms with Crippen LogP contribution in [0.4, 0.5) is 0 Å². The van der Waals surface area contributed by atoms with Gasteiger partial charge in [-0.1, -0.05) is 0 Å². The van der Waals surface area contributed by atoms with Crippen LogP contribution in [0.3, 0.4) is 0 Å². The maximum Gasteiger partial charge on any atom is 0.122 e. The van der Waals surface area contributed by atoms with E-state index in [1.807, 2.05) is 12.1 Å². The van der Waals surface area contributed by atoms with E-state index in [9.17, 15) is 0 Å². The second kappa shape index (κ2) is 5.82. The van der Waals surface area contributed by atoms with Crippen LogP contribution in [-0.4, -0.2) is 24.8 Å². The molecule has 4 nitrogen and oxygen atoms in total. The molecule has 0 atom stereocenters. The van der Waals surface area contributed by atoms with Gasteiger partial charge < -0.3 is 15.2 Å². The van der Waals surface area contributed by atoms with Crippen LogP contribution in [0.15, 0.2) is 18.3 Å². The number of ether oxygens (including phenoxy) is 2. The summed E-state index contributed by atoms with van der Waals surface area (Å²) >= 11 is 0. The van der Waals surface area contributed by atoms with E-state index >= 15 is 0 Å². The van der Waals surface area contributed by atoms with Crippen LogP contribution in [0, 0.1) is 5.92 Å². The van der Waals surface area contributed by atoms with E-state index in [1.54, 1.807) is 6.20 Å². The summed E-state index contributed by atoms with van der Waals surface area (Å²) in [7, 11) is 0. The Morgan fingerprint density at radius 2 is 2.25 bits per heavy atom. The SMILES string of the molecule is NCc1cc(OCC2CCOCC2)ccn1. The minimum absolute atomic E-state index is 0.453. The van der Waals surface area contributed by atoms with Crippen molar-refractivity contribution in [2.45, 2.75) is 19.4 Å². The Labute approximate surface area is 95.8 Å². The molecule has 16 heavy (non-hydrogen) atoms. The van der Waals surface area contributed by atoms with Crippen LogP contribution >= 0.6 is 0 Å². The zero-order chi connectivity index (χ0) is 11.2. The predicted molar refractivity (Wildman–Crippen MR) is 61.2 cm³/mol. The Kier molecular flexibility index (Phi) is 4.13. The van der Waals surface area contributed by atoms with Crippen molar-refractivity contribution in [2.24, 2.45) is 11.7 Å². The molecule has 88 valence electrons. The third-order valence-electron chi connectivity index (χ3n) is 2.82. The molecule has 0 amide bonds. The number of nitrogens with two attached hydrogens (primary N) is 1. The minimum atomic E-state index is 0.453. The molecule has 0 aromatic carbocycles. The summed E-state index contributed by atoms with van der Waals surface area (Å²) in [6.45, 7) is 2.93. The summed E-state index contributed by atoms with van der Waals surface area (Å²) in [6.07, 6.45) is 3.92. The second-order valence-corrected chi connectivity index (χ2v) is 4.05. The van der Waals surface area contributed by atoms with Gasteiger partial charge in [-0.15, -0.1) is 0 Å². The molecule has 0 radical (unpaired) electrons. The summed E-state index contributed by atoms with van der Waals surface area (Å²) in [5.74, 6) is 1.48. The van der Waals surface area contributed by atoms with Crippen LogP contribution in [-0.2, 0) is 11.3 Å². The number of nitrogens with zero attached hydrogens (tertiary/aromatic N) is 1. The molecule has 1 fully saturated rings. The first-order valence-electron chi connectivity index (χ1n) is 5.74. The van der Waals surface area contributed by atoms with Gasteiger partial charge >= 0.3 is 0 Å². The van der Waals surface area contributed by atoms with Crippen molar-refractivity contribution in [1.29, 1.82) is 0 Å². The summed E-state index contributed by atoms with van der Waals surface area (Å²) in [5, 5.41) is 0. The fourth-order valence-corrected chi connectivity index (χ4v) is 1.78. The number of aromatic nitrogens is 1. The lowest BCUT2D eigenvalue weighted by atomic mass is 10.0. The van der Waals surface area contributed by atoms with E-state index in [1.165, 1.54) is 0 Å². The van der Waals surface area contributed by atoms with Gasteiger partial charge in [0.15, 0.2) is 0 Å². The topological polar surface area (TPSA) is 57.4 Å². The third-order valence-corrected chi connectivity index (χ3v) is 2.82. The lowest BCUT2D eigenvalue weighted by molar-refractivity contribution is 0.0497. The lowest BCUT2D eigenvalue weighted by Gasteiger charge is -2.22. The Balaban J connectivity index is 1.83. The van der Waals surface area contributed by atoms with Crippen molar-refractivity contribution in [3.8, 4) is 5.75 Å². The van der Waals surface area contributed by atoms with Gasteiger partial charge in [-0.05, 0) is 24.8 Å². The fraction of sp³-hybridized carbons (Fsp3) is 0.583. The molecule has 1 aliphatic rings. The first-order chi connectivity index (χ1) is 7.88. The lowest BCUT2D eigenvalue weighted by Crippen LogP contribution is -2.21. The molecule has 1 aromatic rings. The first kappa shape index (κ1) is 11.4. The molecule has 2 N–H and O–H groups in total. The zero-order valence-electron chi connectivity index (χ0n) is 9.39. The van der Waals surface area contributed by atoms with Crippen molar-refractivity contribution >= 4 is 0 Å². The largest absolute Gasteiger partial charge is 0.493 e. The molecule has 0 saturated carbocycles. The van der Waals surface area contributed by atoms with Crippen LogP contribution in [0.5, 0.6) is 5.75 Å². The summed E-state index contributed by atoms with van der Waals surface area (Å²) in [5.41, 5.74) is 6.39. The second-order valence-electron chi connectivity index (χ2n) is 4.05. The van der Waals surface area contributed by atoms with E-state index in [0.29, 0.717) is 12.5 Å². The van der Waals surface area contributed by atoms with Crippen LogP contribution in [0.2, 0.25) is 0 Å². The Morgan fingerprint density at radius 1 is 1.44 bits per heavy atom. The van der Waals surface area contributed by atoms with Crippen molar-refractivity contribution < 1.29 is 9.47 Å². The number of rotatable bonds is 4. The quantitative estimate of drug-likeness (QED) is 0.835. The Hall–Kier alpha value is -1.13. The van der Waals surface area contributed by atoms with E-state index in [4.69, 9.17) is 15.2 Å². The highest BCUT2D eigenvalue weighted by Crippen LogP contribution is 2.17.